The lowest BCUT2D eigenvalue weighted by Gasteiger charge is -2.22. The van der Waals surface area contributed by atoms with Crippen molar-refractivity contribution in [1.29, 1.82) is 0 Å². The number of benzene rings is 1. The Labute approximate surface area is 127 Å². The molecule has 0 saturated carbocycles. The van der Waals surface area contributed by atoms with E-state index in [-0.39, 0.29) is 0 Å². The molecule has 0 spiro atoms. The first-order valence-electron chi connectivity index (χ1n) is 7.61. The standard InChI is InChI=1S/C17H28BrN/c1-4-6-8-14(5-2)12-17(19-3)13-15-9-7-10-16(18)11-15/h7,9-11,14,17,19H,4-6,8,12-13H2,1-3H3. The van der Waals surface area contributed by atoms with Crippen LogP contribution in [0, 0.1) is 5.92 Å². The SMILES string of the molecule is CCCCC(CC)CC(Cc1cccc(Br)c1)NC. The number of rotatable bonds is 9. The molecular formula is C17H28BrN. The second-order valence-corrected chi connectivity index (χ2v) is 6.39. The Morgan fingerprint density at radius 1 is 1.26 bits per heavy atom. The Bertz CT molecular complexity index is 351. The van der Waals surface area contributed by atoms with Gasteiger partial charge in [-0.1, -0.05) is 67.6 Å². The van der Waals surface area contributed by atoms with Gasteiger partial charge in [-0.2, -0.15) is 0 Å². The highest BCUT2D eigenvalue weighted by Crippen LogP contribution is 2.21. The second kappa shape index (κ2) is 9.55. The lowest BCUT2D eigenvalue weighted by atomic mass is 9.89. The summed E-state index contributed by atoms with van der Waals surface area (Å²) in [6.07, 6.45) is 7.77. The van der Waals surface area contributed by atoms with Gasteiger partial charge < -0.3 is 5.32 Å². The molecular weight excluding hydrogens is 298 g/mol. The molecule has 0 bridgehead atoms. The van der Waals surface area contributed by atoms with Crippen molar-refractivity contribution in [2.24, 2.45) is 5.92 Å². The summed E-state index contributed by atoms with van der Waals surface area (Å²) >= 11 is 3.55. The first kappa shape index (κ1) is 16.7. The van der Waals surface area contributed by atoms with Crippen LogP contribution in [0.2, 0.25) is 0 Å². The number of nitrogens with one attached hydrogen (secondary N) is 1. The smallest absolute Gasteiger partial charge is 0.0178 e. The van der Waals surface area contributed by atoms with Crippen LogP contribution in [0.1, 0.15) is 51.5 Å². The van der Waals surface area contributed by atoms with Crippen molar-refractivity contribution in [2.75, 3.05) is 7.05 Å². The summed E-state index contributed by atoms with van der Waals surface area (Å²) < 4.78 is 1.18. The molecule has 1 aromatic carbocycles. The van der Waals surface area contributed by atoms with E-state index in [1.165, 1.54) is 42.1 Å². The van der Waals surface area contributed by atoms with E-state index in [1.54, 1.807) is 0 Å². The average Bonchev–Trinajstić information content (AvgIpc) is 2.42. The minimum absolute atomic E-state index is 0.594. The van der Waals surface area contributed by atoms with E-state index < -0.39 is 0 Å². The minimum Gasteiger partial charge on any atom is -0.317 e. The lowest BCUT2D eigenvalue weighted by Crippen LogP contribution is -2.30. The highest BCUT2D eigenvalue weighted by atomic mass is 79.9. The van der Waals surface area contributed by atoms with Crippen molar-refractivity contribution in [3.05, 3.63) is 34.3 Å². The normalized spacial score (nSPS) is 14.3. The number of halogens is 1. The molecule has 2 atom stereocenters. The van der Waals surface area contributed by atoms with E-state index in [0.29, 0.717) is 6.04 Å². The predicted molar refractivity (Wildman–Crippen MR) is 88.6 cm³/mol. The van der Waals surface area contributed by atoms with Crippen molar-refractivity contribution in [3.8, 4) is 0 Å². The van der Waals surface area contributed by atoms with Crippen LogP contribution in [0.25, 0.3) is 0 Å². The summed E-state index contributed by atoms with van der Waals surface area (Å²) in [4.78, 5) is 0. The van der Waals surface area contributed by atoms with Gasteiger partial charge in [0.25, 0.3) is 0 Å². The molecule has 0 fully saturated rings. The van der Waals surface area contributed by atoms with Crippen molar-refractivity contribution in [1.82, 2.24) is 5.32 Å². The summed E-state index contributed by atoms with van der Waals surface area (Å²) in [5.74, 6) is 0.865. The highest BCUT2D eigenvalue weighted by molar-refractivity contribution is 9.10. The van der Waals surface area contributed by atoms with Crippen LogP contribution in [-0.4, -0.2) is 13.1 Å². The molecule has 0 aliphatic rings. The van der Waals surface area contributed by atoms with Gasteiger partial charge in [0.1, 0.15) is 0 Å². The van der Waals surface area contributed by atoms with Gasteiger partial charge in [0.2, 0.25) is 0 Å². The molecule has 19 heavy (non-hydrogen) atoms. The Kier molecular flexibility index (Phi) is 8.40. The molecule has 0 aromatic heterocycles. The van der Waals surface area contributed by atoms with Crippen molar-refractivity contribution < 1.29 is 0 Å². The molecule has 0 radical (unpaired) electrons. The Hall–Kier alpha value is -0.340. The fraction of sp³-hybridized carbons (Fsp3) is 0.647. The van der Waals surface area contributed by atoms with E-state index in [2.05, 4.69) is 66.4 Å². The molecule has 1 N–H and O–H groups in total. The third kappa shape index (κ3) is 6.58. The van der Waals surface area contributed by atoms with Crippen molar-refractivity contribution in [2.45, 2.75) is 58.4 Å². The van der Waals surface area contributed by atoms with Crippen LogP contribution in [0.3, 0.4) is 0 Å². The summed E-state index contributed by atoms with van der Waals surface area (Å²) in [5.41, 5.74) is 1.42. The summed E-state index contributed by atoms with van der Waals surface area (Å²) in [5, 5.41) is 3.50. The van der Waals surface area contributed by atoms with Gasteiger partial charge in [0.15, 0.2) is 0 Å². The van der Waals surface area contributed by atoms with E-state index in [9.17, 15) is 0 Å². The number of likely N-dealkylation sites (N-methyl/N-ethyl adjacent to an activating group) is 1. The van der Waals surface area contributed by atoms with E-state index in [0.717, 1.165) is 12.3 Å². The zero-order valence-electron chi connectivity index (χ0n) is 12.6. The van der Waals surface area contributed by atoms with Gasteiger partial charge in [-0.25, -0.2) is 0 Å². The molecule has 1 nitrogen and oxygen atoms in total. The zero-order valence-corrected chi connectivity index (χ0v) is 14.2. The van der Waals surface area contributed by atoms with Gasteiger partial charge >= 0.3 is 0 Å². The van der Waals surface area contributed by atoms with Crippen LogP contribution in [0.4, 0.5) is 0 Å². The molecule has 108 valence electrons. The fourth-order valence-electron chi connectivity index (χ4n) is 2.64. The van der Waals surface area contributed by atoms with Crippen LogP contribution < -0.4 is 5.32 Å². The molecule has 0 heterocycles. The summed E-state index contributed by atoms with van der Waals surface area (Å²) in [7, 11) is 2.09. The average molecular weight is 326 g/mol. The first-order valence-corrected chi connectivity index (χ1v) is 8.40. The quantitative estimate of drug-likeness (QED) is 0.659. The molecule has 0 aliphatic heterocycles. The van der Waals surface area contributed by atoms with Gasteiger partial charge in [0.05, 0.1) is 0 Å². The number of unbranched alkanes of at least 4 members (excludes halogenated alkanes) is 1. The first-order chi connectivity index (χ1) is 9.19. The molecule has 1 rings (SSSR count). The maximum absolute atomic E-state index is 3.55. The minimum atomic E-state index is 0.594. The van der Waals surface area contributed by atoms with Crippen LogP contribution >= 0.6 is 15.9 Å². The molecule has 0 saturated heterocycles. The number of hydrogen-bond acceptors (Lipinski definition) is 1. The topological polar surface area (TPSA) is 12.0 Å². The van der Waals surface area contributed by atoms with Crippen LogP contribution in [-0.2, 0) is 6.42 Å². The molecule has 2 heteroatoms. The Morgan fingerprint density at radius 2 is 2.05 bits per heavy atom. The van der Waals surface area contributed by atoms with E-state index in [1.807, 2.05) is 0 Å². The largest absolute Gasteiger partial charge is 0.317 e. The lowest BCUT2D eigenvalue weighted by molar-refractivity contribution is 0.358. The van der Waals surface area contributed by atoms with E-state index in [4.69, 9.17) is 0 Å². The molecule has 0 amide bonds. The fourth-order valence-corrected chi connectivity index (χ4v) is 3.08. The maximum atomic E-state index is 3.55. The predicted octanol–water partition coefficient (Wildman–Crippen LogP) is 5.19. The third-order valence-corrected chi connectivity index (χ3v) is 4.43. The monoisotopic (exact) mass is 325 g/mol. The Morgan fingerprint density at radius 3 is 2.63 bits per heavy atom. The van der Waals surface area contributed by atoms with Gasteiger partial charge in [-0.05, 0) is 43.5 Å². The van der Waals surface area contributed by atoms with Crippen molar-refractivity contribution >= 4 is 15.9 Å². The zero-order chi connectivity index (χ0) is 14.1. The third-order valence-electron chi connectivity index (χ3n) is 3.94. The summed E-state index contributed by atoms with van der Waals surface area (Å²) in [6.45, 7) is 4.61. The van der Waals surface area contributed by atoms with E-state index >= 15 is 0 Å². The highest BCUT2D eigenvalue weighted by Gasteiger charge is 2.14. The van der Waals surface area contributed by atoms with Gasteiger partial charge in [-0.15, -0.1) is 0 Å². The molecule has 2 unspecified atom stereocenters. The van der Waals surface area contributed by atoms with Crippen LogP contribution in [0.15, 0.2) is 28.7 Å². The maximum Gasteiger partial charge on any atom is 0.0178 e. The van der Waals surface area contributed by atoms with Crippen LogP contribution in [0.5, 0.6) is 0 Å². The molecule has 0 aliphatic carbocycles. The Balaban J connectivity index is 2.52. The summed E-state index contributed by atoms with van der Waals surface area (Å²) in [6, 6.07) is 9.27. The number of hydrogen-bond donors (Lipinski definition) is 1. The second-order valence-electron chi connectivity index (χ2n) is 5.47. The van der Waals surface area contributed by atoms with Gasteiger partial charge in [0, 0.05) is 10.5 Å². The molecule has 1 aromatic rings. The van der Waals surface area contributed by atoms with Gasteiger partial charge in [-0.3, -0.25) is 0 Å². The van der Waals surface area contributed by atoms with Crippen molar-refractivity contribution in [3.63, 3.8) is 0 Å².